The third-order valence-electron chi connectivity index (χ3n) is 5.50. The van der Waals surface area contributed by atoms with E-state index in [1.54, 1.807) is 6.20 Å². The lowest BCUT2D eigenvalue weighted by Gasteiger charge is -2.50. The Balaban J connectivity index is 1.22. The molecule has 2 aliphatic carbocycles. The zero-order valence-corrected chi connectivity index (χ0v) is 11.7. The van der Waals surface area contributed by atoms with E-state index in [0.29, 0.717) is 6.04 Å². The molecule has 4 atom stereocenters. The summed E-state index contributed by atoms with van der Waals surface area (Å²) in [5.41, 5.74) is 0. The zero-order chi connectivity index (χ0) is 13.5. The highest BCUT2D eigenvalue weighted by Gasteiger charge is 2.57. The summed E-state index contributed by atoms with van der Waals surface area (Å²) in [6, 6.07) is 0.729. The third kappa shape index (κ3) is 1.91. The van der Waals surface area contributed by atoms with Crippen molar-refractivity contribution in [2.24, 2.45) is 17.8 Å². The topological polar surface area (TPSA) is 50.2 Å². The van der Waals surface area contributed by atoms with E-state index in [4.69, 9.17) is 0 Å². The Hall–Kier alpha value is -1.52. The fourth-order valence-corrected chi connectivity index (χ4v) is 4.53. The molecule has 0 spiro atoms. The number of urea groups is 1. The second-order valence-corrected chi connectivity index (χ2v) is 6.53. The van der Waals surface area contributed by atoms with Crippen molar-refractivity contribution >= 4 is 6.03 Å². The minimum atomic E-state index is 0.157. The van der Waals surface area contributed by atoms with Crippen LogP contribution in [0.4, 0.5) is 4.79 Å². The Labute approximate surface area is 119 Å². The van der Waals surface area contributed by atoms with Crippen molar-refractivity contribution in [1.82, 2.24) is 19.8 Å². The Kier molecular flexibility index (Phi) is 2.93. The number of imidazole rings is 1. The maximum Gasteiger partial charge on any atom is 0.317 e. The number of aryl methyl sites for hydroxylation is 1. The van der Waals surface area contributed by atoms with Gasteiger partial charge in [-0.2, -0.15) is 0 Å². The molecular weight excluding hydrogens is 252 g/mol. The highest BCUT2D eigenvalue weighted by atomic mass is 16.2. The van der Waals surface area contributed by atoms with E-state index in [9.17, 15) is 4.79 Å². The summed E-state index contributed by atoms with van der Waals surface area (Å²) >= 11 is 0. The lowest BCUT2D eigenvalue weighted by atomic mass is 9.77. The second-order valence-electron chi connectivity index (χ2n) is 6.53. The van der Waals surface area contributed by atoms with Gasteiger partial charge >= 0.3 is 6.03 Å². The number of aromatic nitrogens is 2. The number of hydrogen-bond acceptors (Lipinski definition) is 2. The zero-order valence-electron chi connectivity index (χ0n) is 11.7. The van der Waals surface area contributed by atoms with Gasteiger partial charge in [-0.3, -0.25) is 0 Å². The molecule has 1 saturated heterocycles. The van der Waals surface area contributed by atoms with Crippen molar-refractivity contribution in [2.45, 2.75) is 38.3 Å². The summed E-state index contributed by atoms with van der Waals surface area (Å²) in [6.07, 6.45) is 10.6. The molecule has 0 radical (unpaired) electrons. The van der Waals surface area contributed by atoms with Crippen molar-refractivity contribution in [3.8, 4) is 0 Å². The van der Waals surface area contributed by atoms with Crippen molar-refractivity contribution < 1.29 is 4.79 Å². The first-order valence-electron chi connectivity index (χ1n) is 7.83. The lowest BCUT2D eigenvalue weighted by Crippen LogP contribution is -2.63. The highest BCUT2D eigenvalue weighted by Crippen LogP contribution is 2.55. The van der Waals surface area contributed by atoms with Crippen LogP contribution in [0.3, 0.4) is 0 Å². The van der Waals surface area contributed by atoms with Crippen molar-refractivity contribution in [3.63, 3.8) is 0 Å². The predicted molar refractivity (Wildman–Crippen MR) is 75.1 cm³/mol. The van der Waals surface area contributed by atoms with Crippen LogP contribution in [0.1, 0.15) is 25.7 Å². The lowest BCUT2D eigenvalue weighted by molar-refractivity contribution is 0.0123. The number of hydrogen-bond donors (Lipinski definition) is 1. The largest absolute Gasteiger partial charge is 0.338 e. The molecule has 3 fully saturated rings. The number of nitrogens with zero attached hydrogens (tertiary/aromatic N) is 3. The first kappa shape index (κ1) is 12.2. The van der Waals surface area contributed by atoms with Gasteiger partial charge in [0, 0.05) is 44.0 Å². The van der Waals surface area contributed by atoms with Gasteiger partial charge in [-0.25, -0.2) is 9.78 Å². The van der Waals surface area contributed by atoms with Crippen molar-refractivity contribution in [3.05, 3.63) is 18.7 Å². The molecule has 0 aromatic carbocycles. The summed E-state index contributed by atoms with van der Waals surface area (Å²) < 4.78 is 2.04. The van der Waals surface area contributed by atoms with E-state index in [-0.39, 0.29) is 6.03 Å². The number of fused-ring (bicyclic) bond motifs is 5. The summed E-state index contributed by atoms with van der Waals surface area (Å²) in [6.45, 7) is 2.66. The molecule has 20 heavy (non-hydrogen) atoms. The van der Waals surface area contributed by atoms with Gasteiger partial charge in [-0.05, 0) is 37.5 Å². The number of likely N-dealkylation sites (tertiary alicyclic amines) is 1. The fraction of sp³-hybridized carbons (Fsp3) is 0.733. The fourth-order valence-electron chi connectivity index (χ4n) is 4.53. The molecule has 2 saturated carbocycles. The van der Waals surface area contributed by atoms with E-state index < -0.39 is 0 Å². The monoisotopic (exact) mass is 274 g/mol. The van der Waals surface area contributed by atoms with E-state index in [0.717, 1.165) is 43.8 Å². The molecule has 3 aliphatic rings. The molecule has 1 aliphatic heterocycles. The molecule has 2 bridgehead atoms. The summed E-state index contributed by atoms with van der Waals surface area (Å²) in [5, 5.41) is 3.07. The second kappa shape index (κ2) is 4.79. The molecule has 5 heteroatoms. The average Bonchev–Trinajstić information content (AvgIpc) is 3.09. The smallest absolute Gasteiger partial charge is 0.317 e. The molecule has 5 nitrogen and oxygen atoms in total. The van der Waals surface area contributed by atoms with Gasteiger partial charge in [0.05, 0.1) is 6.33 Å². The number of amides is 2. The molecule has 108 valence electrons. The molecule has 4 rings (SSSR count). The standard InChI is InChI=1S/C15H22N4O/c20-15(17-4-1-6-18-7-5-16-10-18)19-9-13-11-2-3-12(8-11)14(13)19/h5,7,10-14H,1-4,6,8-9H2,(H,17,20)/t11-,12-,13+,14+/m0/s1. The number of carbonyl (C=O) groups excluding carboxylic acids is 1. The summed E-state index contributed by atoms with van der Waals surface area (Å²) in [7, 11) is 0. The Morgan fingerprint density at radius 1 is 1.35 bits per heavy atom. The van der Waals surface area contributed by atoms with E-state index in [1.165, 1.54) is 19.3 Å². The minimum Gasteiger partial charge on any atom is -0.338 e. The van der Waals surface area contributed by atoms with Gasteiger partial charge in [0.1, 0.15) is 0 Å². The van der Waals surface area contributed by atoms with Crippen LogP contribution >= 0.6 is 0 Å². The summed E-state index contributed by atoms with van der Waals surface area (Å²) in [5.74, 6) is 2.55. The van der Waals surface area contributed by atoms with E-state index in [1.807, 2.05) is 17.1 Å². The Morgan fingerprint density at radius 2 is 2.25 bits per heavy atom. The maximum atomic E-state index is 12.2. The minimum absolute atomic E-state index is 0.157. The SMILES string of the molecule is O=C(NCCCn1ccnc1)N1C[C@@H]2[C@H]3CC[C@@H](C3)[C@H]21. The van der Waals surface area contributed by atoms with Crippen LogP contribution in [0.5, 0.6) is 0 Å². The molecule has 0 unspecified atom stereocenters. The van der Waals surface area contributed by atoms with Crippen LogP contribution in [0.2, 0.25) is 0 Å². The van der Waals surface area contributed by atoms with Crippen molar-refractivity contribution in [1.29, 1.82) is 0 Å². The van der Waals surface area contributed by atoms with Gasteiger partial charge < -0.3 is 14.8 Å². The number of nitrogens with one attached hydrogen (secondary N) is 1. The Morgan fingerprint density at radius 3 is 3.05 bits per heavy atom. The van der Waals surface area contributed by atoms with Gasteiger partial charge in [0.15, 0.2) is 0 Å². The van der Waals surface area contributed by atoms with Gasteiger partial charge in [0.2, 0.25) is 0 Å². The quantitative estimate of drug-likeness (QED) is 0.850. The van der Waals surface area contributed by atoms with Gasteiger partial charge in [-0.1, -0.05) is 0 Å². The van der Waals surface area contributed by atoms with E-state index >= 15 is 0 Å². The van der Waals surface area contributed by atoms with Crippen LogP contribution < -0.4 is 5.32 Å². The average molecular weight is 274 g/mol. The van der Waals surface area contributed by atoms with Crippen LogP contribution in [0.15, 0.2) is 18.7 Å². The molecule has 1 aromatic heterocycles. The first-order chi connectivity index (χ1) is 9.83. The predicted octanol–water partition coefficient (Wildman–Crippen LogP) is 1.71. The highest BCUT2D eigenvalue weighted by molar-refractivity contribution is 5.75. The Bertz CT molecular complexity index is 484. The van der Waals surface area contributed by atoms with E-state index in [2.05, 4.69) is 15.2 Å². The van der Waals surface area contributed by atoms with Crippen LogP contribution in [-0.2, 0) is 6.54 Å². The number of carbonyl (C=O) groups is 1. The number of rotatable bonds is 4. The molecular formula is C15H22N4O. The van der Waals surface area contributed by atoms with Crippen molar-refractivity contribution in [2.75, 3.05) is 13.1 Å². The first-order valence-corrected chi connectivity index (χ1v) is 7.83. The molecule has 2 amide bonds. The van der Waals surface area contributed by atoms with Crippen LogP contribution in [-0.4, -0.2) is 39.6 Å². The summed E-state index contributed by atoms with van der Waals surface area (Å²) in [4.78, 5) is 18.3. The van der Waals surface area contributed by atoms with Crippen LogP contribution in [0.25, 0.3) is 0 Å². The van der Waals surface area contributed by atoms with Gasteiger partial charge in [0.25, 0.3) is 0 Å². The molecule has 2 heterocycles. The van der Waals surface area contributed by atoms with Gasteiger partial charge in [-0.15, -0.1) is 0 Å². The molecule has 1 aromatic rings. The maximum absolute atomic E-state index is 12.2. The molecule has 1 N–H and O–H groups in total. The van der Waals surface area contributed by atoms with Crippen LogP contribution in [0, 0.1) is 17.8 Å². The normalized spacial score (nSPS) is 33.9. The third-order valence-corrected chi connectivity index (χ3v) is 5.50.